The van der Waals surface area contributed by atoms with Crippen LogP contribution in [0.3, 0.4) is 0 Å². The van der Waals surface area contributed by atoms with Gasteiger partial charge < -0.3 is 49.6 Å². The van der Waals surface area contributed by atoms with Crippen LogP contribution in [0.1, 0.15) is 56.5 Å². The van der Waals surface area contributed by atoms with E-state index in [9.17, 15) is 24.9 Å². The molecular formula is C68H69Br2ClN10O10. The first-order chi connectivity index (χ1) is 44.2. The molecule has 0 amide bonds. The quantitative estimate of drug-likeness (QED) is 0.0374. The van der Waals surface area contributed by atoms with Crippen molar-refractivity contribution in [3.8, 4) is 45.5 Å². The second-order valence-electron chi connectivity index (χ2n) is 21.5. The Balaban J connectivity index is 0.000000176. The van der Waals surface area contributed by atoms with Gasteiger partial charge in [-0.2, -0.15) is 0 Å². The summed E-state index contributed by atoms with van der Waals surface area (Å²) in [5.41, 5.74) is 9.87. The third-order valence-electron chi connectivity index (χ3n) is 15.9. The number of likely N-dealkylation sites (tertiary alicyclic amines) is 2. The van der Waals surface area contributed by atoms with Crippen molar-refractivity contribution in [1.29, 1.82) is 0 Å². The molecule has 4 aromatic heterocycles. The molecule has 0 bridgehead atoms. The highest BCUT2D eigenvalue weighted by Gasteiger charge is 2.31. The van der Waals surface area contributed by atoms with Crippen molar-refractivity contribution >= 4 is 89.0 Å². The Labute approximate surface area is 548 Å². The molecule has 2 aliphatic rings. The summed E-state index contributed by atoms with van der Waals surface area (Å²) in [5, 5.41) is 46.6. The lowest BCUT2D eigenvalue weighted by Crippen LogP contribution is -2.44. The van der Waals surface area contributed by atoms with Crippen molar-refractivity contribution in [2.24, 2.45) is 0 Å². The molecule has 2 saturated heterocycles. The summed E-state index contributed by atoms with van der Waals surface area (Å²) < 4.78 is 33.5. The molecule has 20 nitrogen and oxygen atoms in total. The second kappa shape index (κ2) is 31.0. The van der Waals surface area contributed by atoms with Crippen LogP contribution in [0.25, 0.3) is 33.5 Å². The number of halogens is 3. The number of carbonyl (C=O) groups excluding carboxylic acids is 2. The SMILES string of the molecule is COc1cc([C@H]2CCN(CCO)C[C@@H]2O)ccc1Nc1ncc2ccc(-c3ccccc3OC)n2n1.COc1cc([C@H]2CCN(CCOC(=O)c3ccc(Br)cc3)C[C@@H]2O)ccc1Nc1ncc2ccc(-c3ccccc3OC)n2n1.O=C(Cl)c1ccc(Br)cc1. The highest BCUT2D eigenvalue weighted by atomic mass is 79.9. The van der Waals surface area contributed by atoms with Gasteiger partial charge in [-0.05, 0) is 170 Å². The summed E-state index contributed by atoms with van der Waals surface area (Å²) in [7, 11) is 6.56. The minimum atomic E-state index is -0.572. The van der Waals surface area contributed by atoms with Crippen LogP contribution in [-0.2, 0) is 4.74 Å². The van der Waals surface area contributed by atoms with Gasteiger partial charge in [-0.25, -0.2) is 23.8 Å². The van der Waals surface area contributed by atoms with Crippen LogP contribution in [0.5, 0.6) is 23.0 Å². The van der Waals surface area contributed by atoms with E-state index in [1.54, 1.807) is 77.2 Å². The molecule has 12 rings (SSSR count). The van der Waals surface area contributed by atoms with Gasteiger partial charge in [0, 0.05) is 63.7 Å². The van der Waals surface area contributed by atoms with E-state index in [2.05, 4.69) is 62.3 Å². The van der Waals surface area contributed by atoms with Gasteiger partial charge in [0.25, 0.3) is 5.24 Å². The lowest BCUT2D eigenvalue weighted by atomic mass is 9.87. The number of ether oxygens (including phenoxy) is 5. The van der Waals surface area contributed by atoms with Gasteiger partial charge in [0.2, 0.25) is 11.9 Å². The number of nitrogens with one attached hydrogen (secondary N) is 2. The molecule has 0 unspecified atom stereocenters. The smallest absolute Gasteiger partial charge is 0.338 e. The second-order valence-corrected chi connectivity index (χ2v) is 23.7. The average Bonchev–Trinajstić information content (AvgIpc) is 2.00. The Morgan fingerprint density at radius 1 is 0.560 bits per heavy atom. The number of fused-ring (bicyclic) bond motifs is 2. The maximum atomic E-state index is 12.3. The number of para-hydroxylation sites is 2. The van der Waals surface area contributed by atoms with Gasteiger partial charge in [0.1, 0.15) is 29.6 Å². The monoisotopic (exact) mass is 1380 g/mol. The van der Waals surface area contributed by atoms with Crippen LogP contribution >= 0.6 is 43.5 Å². The summed E-state index contributed by atoms with van der Waals surface area (Å²) in [6, 6.07) is 49.3. The summed E-state index contributed by atoms with van der Waals surface area (Å²) in [4.78, 5) is 36.0. The molecule has 472 valence electrons. The number of aliphatic hydroxyl groups is 3. The number of hydrogen-bond donors (Lipinski definition) is 5. The number of esters is 1. The summed E-state index contributed by atoms with van der Waals surface area (Å²) in [6.07, 6.45) is 4.04. The van der Waals surface area contributed by atoms with Crippen molar-refractivity contribution in [3.05, 3.63) is 201 Å². The maximum absolute atomic E-state index is 12.3. The zero-order valence-electron chi connectivity index (χ0n) is 50.5. The Morgan fingerprint density at radius 3 is 1.43 bits per heavy atom. The van der Waals surface area contributed by atoms with E-state index in [1.165, 1.54) is 0 Å². The van der Waals surface area contributed by atoms with Crippen LogP contribution in [0.4, 0.5) is 23.3 Å². The average molecular weight is 1380 g/mol. The zero-order chi connectivity index (χ0) is 64.0. The number of methoxy groups -OCH3 is 4. The van der Waals surface area contributed by atoms with E-state index >= 15 is 0 Å². The number of hydrogen-bond acceptors (Lipinski definition) is 18. The van der Waals surface area contributed by atoms with E-state index in [0.717, 1.165) is 96.7 Å². The van der Waals surface area contributed by atoms with E-state index in [4.69, 9.17) is 45.5 Å². The van der Waals surface area contributed by atoms with Crippen molar-refractivity contribution in [1.82, 2.24) is 39.0 Å². The molecule has 5 N–H and O–H groups in total. The third kappa shape index (κ3) is 16.2. The van der Waals surface area contributed by atoms with Gasteiger partial charge >= 0.3 is 5.97 Å². The number of anilines is 4. The lowest BCUT2D eigenvalue weighted by molar-refractivity contribution is 0.0274. The molecule has 0 radical (unpaired) electrons. The Kier molecular flexibility index (Phi) is 22.3. The largest absolute Gasteiger partial charge is 0.496 e. The topological polar surface area (TPSA) is 232 Å². The summed E-state index contributed by atoms with van der Waals surface area (Å²) >= 11 is 11.8. The molecule has 23 heteroatoms. The standard InChI is InChI=1S/C34H34BrN5O5.C27H31N5O4.C7H4BrClO/c1-43-31-6-4-3-5-27(31)29-14-12-25-20-36-34(38-40(25)29)37-28-13-9-23(19-32(28)44-2)26-15-16-39(21-30(26)41)17-18-45-33(42)22-7-10-24(35)11-8-22;1-35-25-6-4-3-5-21(25)23-10-8-19-16-28-27(30-32(19)23)29-22-9-7-18(15-26(22)36-2)20-11-12-31(13-14-33)17-24(20)34;8-6-3-1-5(2-4-6)7(9)10/h3-14,19-20,26,30,41H,15-18,21H2,1-2H3,(H,37,38);3-10,15-16,20,24,33-34H,11-14,17H2,1-2H3,(H,29,30);1-4H/t26-,30+;20-,24+;/m11./s1. The summed E-state index contributed by atoms with van der Waals surface area (Å²) in [5.74, 6) is 3.26. The Morgan fingerprint density at radius 2 is 1.00 bits per heavy atom. The minimum absolute atomic E-state index is 0.0128. The molecular weight excluding hydrogens is 1310 g/mol. The van der Waals surface area contributed by atoms with Crippen LogP contribution in [-0.4, -0.2) is 159 Å². The Bertz CT molecular complexity index is 4100. The normalized spacial score (nSPS) is 16.6. The third-order valence-corrected chi connectivity index (χ3v) is 17.2. The minimum Gasteiger partial charge on any atom is -0.496 e. The first-order valence-corrected chi connectivity index (χ1v) is 31.4. The van der Waals surface area contributed by atoms with Crippen molar-refractivity contribution in [2.45, 2.75) is 36.9 Å². The predicted molar refractivity (Wildman–Crippen MR) is 358 cm³/mol. The summed E-state index contributed by atoms with van der Waals surface area (Å²) in [6.45, 7) is 4.15. The molecule has 6 aromatic carbocycles. The number of carbonyl (C=O) groups is 2. The number of rotatable bonds is 19. The molecule has 2 fully saturated rings. The number of piperidine rings is 2. The Hall–Kier alpha value is -8.45. The zero-order valence-corrected chi connectivity index (χ0v) is 54.4. The molecule has 6 heterocycles. The first-order valence-electron chi connectivity index (χ1n) is 29.4. The van der Waals surface area contributed by atoms with E-state index in [0.29, 0.717) is 66.4 Å². The van der Waals surface area contributed by atoms with E-state index in [-0.39, 0.29) is 31.0 Å². The number of benzene rings is 6. The molecule has 0 spiro atoms. The fourth-order valence-electron chi connectivity index (χ4n) is 11.2. The lowest BCUT2D eigenvalue weighted by Gasteiger charge is -2.36. The van der Waals surface area contributed by atoms with Gasteiger partial charge in [0.15, 0.2) is 0 Å². The maximum Gasteiger partial charge on any atom is 0.338 e. The first kappa shape index (κ1) is 65.5. The number of β-amino-alcohol motifs (C(OH)–C–C–N with tert-alkyl or cyclic N) is 3. The van der Waals surface area contributed by atoms with Gasteiger partial charge in [-0.15, -0.1) is 10.2 Å². The highest BCUT2D eigenvalue weighted by molar-refractivity contribution is 9.10. The number of aliphatic hydroxyl groups excluding tert-OH is 3. The molecule has 0 saturated carbocycles. The number of aromatic nitrogens is 6. The van der Waals surface area contributed by atoms with Gasteiger partial charge in [-0.1, -0.05) is 68.3 Å². The van der Waals surface area contributed by atoms with Crippen molar-refractivity contribution in [2.75, 3.05) is 91.6 Å². The van der Waals surface area contributed by atoms with Gasteiger partial charge in [0.05, 0.1) is 99.0 Å². The van der Waals surface area contributed by atoms with Gasteiger partial charge in [-0.3, -0.25) is 14.6 Å². The number of nitrogens with zero attached hydrogens (tertiary/aromatic N) is 8. The van der Waals surface area contributed by atoms with Crippen LogP contribution in [0, 0.1) is 0 Å². The fraction of sp³-hybridized carbons (Fsp3) is 0.265. The van der Waals surface area contributed by atoms with Crippen molar-refractivity contribution < 1.29 is 48.6 Å². The predicted octanol–water partition coefficient (Wildman–Crippen LogP) is 12.1. The molecule has 91 heavy (non-hydrogen) atoms. The molecule has 10 aromatic rings. The van der Waals surface area contributed by atoms with E-state index in [1.807, 2.05) is 130 Å². The van der Waals surface area contributed by atoms with Crippen LogP contribution < -0.4 is 29.6 Å². The van der Waals surface area contributed by atoms with Crippen molar-refractivity contribution in [3.63, 3.8) is 0 Å². The highest BCUT2D eigenvalue weighted by Crippen LogP contribution is 2.38. The molecule has 0 aliphatic carbocycles. The molecule has 2 aliphatic heterocycles. The van der Waals surface area contributed by atoms with Crippen LogP contribution in [0.2, 0.25) is 0 Å². The fourth-order valence-corrected chi connectivity index (χ4v) is 11.9. The molecule has 4 atom stereocenters. The van der Waals surface area contributed by atoms with Crippen LogP contribution in [0.15, 0.2) is 179 Å². The van der Waals surface area contributed by atoms with E-state index < -0.39 is 17.5 Å².